The minimum Gasteiger partial charge on any atom is -0.474 e. The first-order valence-corrected chi connectivity index (χ1v) is 10.2. The van der Waals surface area contributed by atoms with Crippen LogP contribution >= 0.6 is 11.6 Å². The van der Waals surface area contributed by atoms with Gasteiger partial charge >= 0.3 is 6.18 Å². The highest BCUT2D eigenvalue weighted by Crippen LogP contribution is 2.38. The van der Waals surface area contributed by atoms with E-state index in [1.54, 1.807) is 26.8 Å². The molecule has 0 aliphatic heterocycles. The number of halogens is 4. The number of nitrogens with one attached hydrogen (secondary N) is 2. The van der Waals surface area contributed by atoms with Crippen molar-refractivity contribution in [3.05, 3.63) is 46.2 Å². The summed E-state index contributed by atoms with van der Waals surface area (Å²) in [7, 11) is 0. The SMILES string of the molecule is Cc1cc(C(=O)NC2(COc3ncc(C(F)(F)F)cc3Cl)CC2)cc(NC(=O)C(C)C)n1. The van der Waals surface area contributed by atoms with Gasteiger partial charge in [0.05, 0.1) is 11.1 Å². The van der Waals surface area contributed by atoms with Crippen molar-refractivity contribution in [1.82, 2.24) is 15.3 Å². The van der Waals surface area contributed by atoms with Crippen molar-refractivity contribution in [2.75, 3.05) is 11.9 Å². The Morgan fingerprint density at radius 1 is 1.25 bits per heavy atom. The third kappa shape index (κ3) is 5.87. The summed E-state index contributed by atoms with van der Waals surface area (Å²) >= 11 is 5.87. The van der Waals surface area contributed by atoms with E-state index >= 15 is 0 Å². The van der Waals surface area contributed by atoms with Crippen molar-refractivity contribution < 1.29 is 27.5 Å². The van der Waals surface area contributed by atoms with Gasteiger partial charge in [-0.05, 0) is 38.0 Å². The molecule has 0 unspecified atom stereocenters. The van der Waals surface area contributed by atoms with Crippen LogP contribution in [-0.2, 0) is 11.0 Å². The number of rotatable bonds is 7. The number of alkyl halides is 3. The first kappa shape index (κ1) is 23.8. The van der Waals surface area contributed by atoms with Gasteiger partial charge in [0.15, 0.2) is 0 Å². The summed E-state index contributed by atoms with van der Waals surface area (Å²) in [5.41, 5.74) is -0.784. The molecule has 0 saturated heterocycles. The summed E-state index contributed by atoms with van der Waals surface area (Å²) in [6.45, 7) is 5.19. The molecule has 1 saturated carbocycles. The summed E-state index contributed by atoms with van der Waals surface area (Å²) in [6.07, 6.45) is -2.67. The van der Waals surface area contributed by atoms with Crippen LogP contribution in [0, 0.1) is 12.8 Å². The van der Waals surface area contributed by atoms with Gasteiger partial charge in [-0.25, -0.2) is 9.97 Å². The van der Waals surface area contributed by atoms with Crippen molar-refractivity contribution in [2.24, 2.45) is 5.92 Å². The summed E-state index contributed by atoms with van der Waals surface area (Å²) in [5, 5.41) is 5.28. The quantitative estimate of drug-likeness (QED) is 0.626. The Labute approximate surface area is 187 Å². The van der Waals surface area contributed by atoms with E-state index in [-0.39, 0.29) is 41.1 Å². The highest BCUT2D eigenvalue weighted by atomic mass is 35.5. The second kappa shape index (κ2) is 8.93. The van der Waals surface area contributed by atoms with Gasteiger partial charge in [-0.2, -0.15) is 13.2 Å². The predicted octanol–water partition coefficient (Wildman–Crippen LogP) is 4.39. The van der Waals surface area contributed by atoms with Crippen LogP contribution in [-0.4, -0.2) is 33.9 Å². The molecule has 172 valence electrons. The van der Waals surface area contributed by atoms with Gasteiger partial charge in [0.2, 0.25) is 11.8 Å². The van der Waals surface area contributed by atoms with E-state index in [9.17, 15) is 22.8 Å². The number of hydrogen-bond acceptors (Lipinski definition) is 5. The lowest BCUT2D eigenvalue weighted by molar-refractivity contribution is -0.137. The van der Waals surface area contributed by atoms with Crippen LogP contribution in [0.15, 0.2) is 24.4 Å². The molecule has 2 amide bonds. The topological polar surface area (TPSA) is 93.2 Å². The van der Waals surface area contributed by atoms with Crippen LogP contribution in [0.1, 0.15) is 48.3 Å². The van der Waals surface area contributed by atoms with Crippen molar-refractivity contribution in [2.45, 2.75) is 45.3 Å². The van der Waals surface area contributed by atoms with Crippen LogP contribution in [0.3, 0.4) is 0 Å². The van der Waals surface area contributed by atoms with Gasteiger partial charge in [0, 0.05) is 23.4 Å². The summed E-state index contributed by atoms with van der Waals surface area (Å²) < 4.78 is 43.7. The van der Waals surface area contributed by atoms with E-state index in [1.165, 1.54) is 6.07 Å². The summed E-state index contributed by atoms with van der Waals surface area (Å²) in [5.74, 6) is -0.716. The zero-order valence-corrected chi connectivity index (χ0v) is 18.4. The van der Waals surface area contributed by atoms with Gasteiger partial charge in [0.1, 0.15) is 17.4 Å². The third-order valence-electron chi connectivity index (χ3n) is 4.84. The Morgan fingerprint density at radius 3 is 2.50 bits per heavy atom. The molecule has 11 heteroatoms. The molecule has 3 rings (SSSR count). The van der Waals surface area contributed by atoms with Crippen LogP contribution in [0.25, 0.3) is 0 Å². The average Bonchev–Trinajstić information content (AvgIpc) is 3.45. The first-order valence-electron chi connectivity index (χ1n) is 9.86. The highest BCUT2D eigenvalue weighted by molar-refractivity contribution is 6.31. The molecule has 1 aliphatic rings. The minimum absolute atomic E-state index is 0.00215. The van der Waals surface area contributed by atoms with Gasteiger partial charge in [-0.3, -0.25) is 9.59 Å². The molecule has 32 heavy (non-hydrogen) atoms. The Bertz CT molecular complexity index is 1040. The maximum Gasteiger partial charge on any atom is 0.417 e. The molecular weight excluding hydrogens is 449 g/mol. The molecule has 7 nitrogen and oxygen atoms in total. The van der Waals surface area contributed by atoms with Crippen LogP contribution < -0.4 is 15.4 Å². The monoisotopic (exact) mass is 470 g/mol. The van der Waals surface area contributed by atoms with Gasteiger partial charge in [-0.1, -0.05) is 25.4 Å². The zero-order valence-electron chi connectivity index (χ0n) is 17.6. The van der Waals surface area contributed by atoms with Crippen molar-refractivity contribution in [3.63, 3.8) is 0 Å². The highest BCUT2D eigenvalue weighted by Gasteiger charge is 2.45. The van der Waals surface area contributed by atoms with Gasteiger partial charge < -0.3 is 15.4 Å². The molecule has 1 aliphatic carbocycles. The molecule has 0 spiro atoms. The normalized spacial score (nSPS) is 14.8. The summed E-state index contributed by atoms with van der Waals surface area (Å²) in [6, 6.07) is 3.81. The number of carbonyl (C=O) groups is 2. The predicted molar refractivity (Wildman–Crippen MR) is 112 cm³/mol. The van der Waals surface area contributed by atoms with E-state index in [2.05, 4.69) is 20.6 Å². The smallest absolute Gasteiger partial charge is 0.417 e. The number of pyridine rings is 2. The van der Waals surface area contributed by atoms with Crippen LogP contribution in [0.4, 0.5) is 19.0 Å². The van der Waals surface area contributed by atoms with Crippen molar-refractivity contribution in [1.29, 1.82) is 0 Å². The lowest BCUT2D eigenvalue weighted by atomic mass is 10.1. The molecule has 2 aromatic heterocycles. The lowest BCUT2D eigenvalue weighted by Gasteiger charge is -2.19. The first-order chi connectivity index (χ1) is 14.9. The number of ether oxygens (including phenoxy) is 1. The van der Waals surface area contributed by atoms with E-state index < -0.39 is 17.3 Å². The number of amides is 2. The van der Waals surface area contributed by atoms with Gasteiger partial charge in [-0.15, -0.1) is 0 Å². The lowest BCUT2D eigenvalue weighted by Crippen LogP contribution is -2.41. The van der Waals surface area contributed by atoms with E-state index in [0.717, 1.165) is 6.07 Å². The standard InChI is InChI=1S/C21H22ClF3N4O3/c1-11(2)17(30)28-16-7-13(6-12(3)27-16)18(31)29-20(4-5-20)10-32-19-15(22)8-14(9-26-19)21(23,24)25/h6-9,11H,4-5,10H2,1-3H3,(H,29,31)(H,27,28,30). The molecule has 0 radical (unpaired) electrons. The number of aryl methyl sites for hydroxylation is 1. The van der Waals surface area contributed by atoms with E-state index in [4.69, 9.17) is 16.3 Å². The van der Waals surface area contributed by atoms with Crippen LogP contribution in [0.2, 0.25) is 5.02 Å². The Balaban J connectivity index is 1.66. The van der Waals surface area contributed by atoms with Crippen molar-refractivity contribution in [3.8, 4) is 5.88 Å². The molecular formula is C21H22ClF3N4O3. The molecule has 0 atom stereocenters. The zero-order chi connectivity index (χ0) is 23.7. The number of nitrogens with zero attached hydrogens (tertiary/aromatic N) is 2. The largest absolute Gasteiger partial charge is 0.474 e. The fourth-order valence-electron chi connectivity index (χ4n) is 2.80. The maximum atomic E-state index is 12.8. The summed E-state index contributed by atoms with van der Waals surface area (Å²) in [4.78, 5) is 32.6. The van der Waals surface area contributed by atoms with E-state index in [1.807, 2.05) is 0 Å². The second-order valence-electron chi connectivity index (χ2n) is 8.06. The fourth-order valence-corrected chi connectivity index (χ4v) is 3.02. The number of carbonyl (C=O) groups excluding carboxylic acids is 2. The number of anilines is 1. The molecule has 1 fully saturated rings. The Morgan fingerprint density at radius 2 is 1.94 bits per heavy atom. The molecule has 2 aromatic rings. The maximum absolute atomic E-state index is 12.8. The minimum atomic E-state index is -4.56. The van der Waals surface area contributed by atoms with Crippen LogP contribution in [0.5, 0.6) is 5.88 Å². The number of aromatic nitrogens is 2. The Hall–Kier alpha value is -2.88. The molecule has 0 aromatic carbocycles. The number of hydrogen-bond donors (Lipinski definition) is 2. The van der Waals surface area contributed by atoms with Crippen molar-refractivity contribution >= 4 is 29.2 Å². The average molecular weight is 471 g/mol. The fraction of sp³-hybridized carbons (Fsp3) is 0.429. The molecule has 2 N–H and O–H groups in total. The van der Waals surface area contributed by atoms with Gasteiger partial charge in [0.25, 0.3) is 5.91 Å². The van der Waals surface area contributed by atoms with E-state index in [0.29, 0.717) is 30.3 Å². The second-order valence-corrected chi connectivity index (χ2v) is 8.47. The third-order valence-corrected chi connectivity index (χ3v) is 5.11. The Kier molecular flexibility index (Phi) is 6.64. The molecule has 0 bridgehead atoms. The molecule has 2 heterocycles.